The minimum absolute atomic E-state index is 0.0637. The van der Waals surface area contributed by atoms with Crippen molar-refractivity contribution in [1.82, 2.24) is 0 Å². The van der Waals surface area contributed by atoms with E-state index in [1.165, 1.54) is 25.7 Å². The van der Waals surface area contributed by atoms with Gasteiger partial charge in [-0.15, -0.1) is 0 Å². The average molecular weight is 334 g/mol. The van der Waals surface area contributed by atoms with Crippen LogP contribution in [0.1, 0.15) is 78.6 Å². The normalized spacial score (nSPS) is 57.0. The molecule has 136 valence electrons. The van der Waals surface area contributed by atoms with Crippen molar-refractivity contribution >= 4 is 5.78 Å². The van der Waals surface area contributed by atoms with Crippen LogP contribution in [0.5, 0.6) is 0 Å². The molecule has 1 unspecified atom stereocenters. The summed E-state index contributed by atoms with van der Waals surface area (Å²) in [6.07, 6.45) is 9.81. The fourth-order valence-corrected chi connectivity index (χ4v) is 7.91. The molecule has 0 aromatic rings. The maximum Gasteiger partial charge on any atom is 0.133 e. The largest absolute Gasteiger partial charge is 0.389 e. The third-order valence-corrected chi connectivity index (χ3v) is 9.38. The van der Waals surface area contributed by atoms with Crippen molar-refractivity contribution in [2.75, 3.05) is 0 Å². The van der Waals surface area contributed by atoms with E-state index in [-0.39, 0.29) is 17.1 Å². The summed E-state index contributed by atoms with van der Waals surface area (Å²) in [5.41, 5.74) is 5.79. The summed E-state index contributed by atoms with van der Waals surface area (Å²) < 4.78 is 0. The number of hydrogen-bond donors (Lipinski definition) is 2. The van der Waals surface area contributed by atoms with Gasteiger partial charge in [0.05, 0.1) is 5.60 Å². The fraction of sp³-hybridized carbons (Fsp3) is 0.952. The van der Waals surface area contributed by atoms with Gasteiger partial charge in [-0.2, -0.15) is 0 Å². The molecule has 4 aliphatic rings. The standard InChI is InChI=1S/C21H35NO2/c1-13(23)16-8-11-21(24)18-5-4-14-12-15(22)6-9-19(14,2)17(18)7-10-20(16,21)3/h14-18,24H,4-12,22H2,1-3H3/t14?,15-,16-,17+,18-,19+,20-,21+/m1/s1. The summed E-state index contributed by atoms with van der Waals surface area (Å²) in [6, 6.07) is 0.380. The number of hydrogen-bond acceptors (Lipinski definition) is 3. The highest BCUT2D eigenvalue weighted by Gasteiger charge is 2.67. The van der Waals surface area contributed by atoms with E-state index < -0.39 is 5.60 Å². The Morgan fingerprint density at radius 3 is 2.46 bits per heavy atom. The highest BCUT2D eigenvalue weighted by molar-refractivity contribution is 5.80. The number of carbonyl (C=O) groups is 1. The summed E-state index contributed by atoms with van der Waals surface area (Å²) in [4.78, 5) is 12.2. The van der Waals surface area contributed by atoms with Crippen molar-refractivity contribution in [3.05, 3.63) is 0 Å². The number of Topliss-reactive ketones (excluding diaryl/α,β-unsaturated/α-hetero) is 1. The molecule has 3 nitrogen and oxygen atoms in total. The van der Waals surface area contributed by atoms with Crippen molar-refractivity contribution in [2.45, 2.75) is 90.2 Å². The molecule has 0 heterocycles. The molecule has 0 aliphatic heterocycles. The summed E-state index contributed by atoms with van der Waals surface area (Å²) in [5, 5.41) is 11.9. The van der Waals surface area contributed by atoms with Crippen LogP contribution in [-0.4, -0.2) is 22.5 Å². The summed E-state index contributed by atoms with van der Waals surface area (Å²) in [6.45, 7) is 6.44. The molecule has 4 fully saturated rings. The van der Waals surface area contributed by atoms with E-state index in [0.717, 1.165) is 38.0 Å². The fourth-order valence-electron chi connectivity index (χ4n) is 7.91. The molecule has 3 heteroatoms. The predicted octanol–water partition coefficient (Wildman–Crippen LogP) is 3.68. The summed E-state index contributed by atoms with van der Waals surface area (Å²) in [5.74, 6) is 2.09. The number of aliphatic hydroxyl groups is 1. The van der Waals surface area contributed by atoms with Gasteiger partial charge in [-0.25, -0.2) is 0 Å². The van der Waals surface area contributed by atoms with E-state index in [9.17, 15) is 9.90 Å². The predicted molar refractivity (Wildman–Crippen MR) is 95.3 cm³/mol. The van der Waals surface area contributed by atoms with E-state index in [0.29, 0.717) is 23.3 Å². The van der Waals surface area contributed by atoms with Gasteiger partial charge >= 0.3 is 0 Å². The van der Waals surface area contributed by atoms with Gasteiger partial charge in [0.15, 0.2) is 0 Å². The van der Waals surface area contributed by atoms with Crippen molar-refractivity contribution in [2.24, 2.45) is 40.2 Å². The third-order valence-electron chi connectivity index (χ3n) is 9.38. The van der Waals surface area contributed by atoms with Crippen LogP contribution < -0.4 is 5.73 Å². The first-order valence-electron chi connectivity index (χ1n) is 10.2. The molecule has 0 bridgehead atoms. The van der Waals surface area contributed by atoms with Crippen molar-refractivity contribution in [3.8, 4) is 0 Å². The second-order valence-corrected chi connectivity index (χ2v) is 10.1. The lowest BCUT2D eigenvalue weighted by Gasteiger charge is -2.63. The lowest BCUT2D eigenvalue weighted by Crippen LogP contribution is -2.62. The molecule has 4 aliphatic carbocycles. The second-order valence-electron chi connectivity index (χ2n) is 10.1. The Labute approximate surface area is 146 Å². The number of nitrogens with two attached hydrogens (primary N) is 1. The van der Waals surface area contributed by atoms with Crippen LogP contribution in [0.4, 0.5) is 0 Å². The maximum absolute atomic E-state index is 12.2. The van der Waals surface area contributed by atoms with E-state index in [1.54, 1.807) is 6.92 Å². The van der Waals surface area contributed by atoms with E-state index in [2.05, 4.69) is 13.8 Å². The molecule has 24 heavy (non-hydrogen) atoms. The molecular formula is C21H35NO2. The van der Waals surface area contributed by atoms with Crippen LogP contribution >= 0.6 is 0 Å². The van der Waals surface area contributed by atoms with E-state index in [1.807, 2.05) is 0 Å². The minimum Gasteiger partial charge on any atom is -0.389 e. The first-order valence-corrected chi connectivity index (χ1v) is 10.2. The minimum atomic E-state index is -0.625. The smallest absolute Gasteiger partial charge is 0.133 e. The van der Waals surface area contributed by atoms with Gasteiger partial charge in [0.2, 0.25) is 0 Å². The van der Waals surface area contributed by atoms with Gasteiger partial charge in [-0.1, -0.05) is 13.8 Å². The number of fused-ring (bicyclic) bond motifs is 5. The Hall–Kier alpha value is -0.410. The lowest BCUT2D eigenvalue weighted by molar-refractivity contribution is -0.206. The number of ketones is 1. The SMILES string of the molecule is CC(=O)[C@H]1CC[C@]2(O)[C@@H]3CCC4C[C@H](N)CC[C@]4(C)[C@H]3CC[C@]12C. The molecule has 0 aromatic heterocycles. The summed E-state index contributed by atoms with van der Waals surface area (Å²) >= 11 is 0. The summed E-state index contributed by atoms with van der Waals surface area (Å²) in [7, 11) is 0. The Balaban J connectivity index is 1.68. The van der Waals surface area contributed by atoms with Gasteiger partial charge in [-0.05, 0) is 87.9 Å². The zero-order valence-electron chi connectivity index (χ0n) is 15.7. The highest BCUT2D eigenvalue weighted by atomic mass is 16.3. The van der Waals surface area contributed by atoms with Crippen LogP contribution in [0, 0.1) is 34.5 Å². The molecule has 4 rings (SSSR count). The van der Waals surface area contributed by atoms with Gasteiger partial charge < -0.3 is 10.8 Å². The van der Waals surface area contributed by atoms with Gasteiger partial charge in [-0.3, -0.25) is 4.79 Å². The quantitative estimate of drug-likeness (QED) is 0.769. The second kappa shape index (κ2) is 5.30. The molecule has 0 saturated heterocycles. The Morgan fingerprint density at radius 2 is 1.75 bits per heavy atom. The van der Waals surface area contributed by atoms with Gasteiger partial charge in [0, 0.05) is 17.4 Å². The van der Waals surface area contributed by atoms with Crippen LogP contribution in [0.25, 0.3) is 0 Å². The van der Waals surface area contributed by atoms with Crippen LogP contribution in [0.2, 0.25) is 0 Å². The van der Waals surface area contributed by atoms with Crippen LogP contribution in [-0.2, 0) is 4.79 Å². The molecule has 0 aromatic carbocycles. The Bertz CT molecular complexity index is 548. The molecule has 4 saturated carbocycles. The molecule has 8 atom stereocenters. The zero-order valence-corrected chi connectivity index (χ0v) is 15.7. The monoisotopic (exact) mass is 333 g/mol. The average Bonchev–Trinajstić information content (AvgIpc) is 2.80. The Kier molecular flexibility index (Phi) is 3.76. The molecule has 0 radical (unpaired) electrons. The molecule has 0 amide bonds. The van der Waals surface area contributed by atoms with Crippen LogP contribution in [0.15, 0.2) is 0 Å². The molecule has 0 spiro atoms. The van der Waals surface area contributed by atoms with Gasteiger partial charge in [0.25, 0.3) is 0 Å². The molecular weight excluding hydrogens is 298 g/mol. The highest BCUT2D eigenvalue weighted by Crippen LogP contribution is 2.68. The topological polar surface area (TPSA) is 63.3 Å². The molecule has 3 N–H and O–H groups in total. The first kappa shape index (κ1) is 17.0. The Morgan fingerprint density at radius 1 is 1.00 bits per heavy atom. The van der Waals surface area contributed by atoms with Gasteiger partial charge in [0.1, 0.15) is 5.78 Å². The number of carbonyl (C=O) groups excluding carboxylic acids is 1. The van der Waals surface area contributed by atoms with Crippen molar-refractivity contribution in [3.63, 3.8) is 0 Å². The van der Waals surface area contributed by atoms with Crippen LogP contribution in [0.3, 0.4) is 0 Å². The van der Waals surface area contributed by atoms with E-state index >= 15 is 0 Å². The van der Waals surface area contributed by atoms with Crippen molar-refractivity contribution < 1.29 is 9.90 Å². The first-order chi connectivity index (χ1) is 11.2. The van der Waals surface area contributed by atoms with E-state index in [4.69, 9.17) is 5.73 Å². The van der Waals surface area contributed by atoms with Crippen molar-refractivity contribution in [1.29, 1.82) is 0 Å². The third kappa shape index (κ3) is 2.00. The number of rotatable bonds is 1. The zero-order chi connectivity index (χ0) is 17.3. The lowest BCUT2D eigenvalue weighted by atomic mass is 9.43. The maximum atomic E-state index is 12.2.